The Morgan fingerprint density at radius 1 is 1.09 bits per heavy atom. The number of alkyl halides is 3. The smallest absolute Gasteiger partial charge is 0.336 e. The van der Waals surface area contributed by atoms with Crippen molar-refractivity contribution in [3.63, 3.8) is 0 Å². The van der Waals surface area contributed by atoms with Gasteiger partial charge < -0.3 is 4.52 Å². The van der Waals surface area contributed by atoms with Crippen molar-refractivity contribution in [3.8, 4) is 22.5 Å². The Labute approximate surface area is 189 Å². The van der Waals surface area contributed by atoms with Crippen LogP contribution in [-0.4, -0.2) is 26.5 Å². The highest BCUT2D eigenvalue weighted by molar-refractivity contribution is 8.00. The van der Waals surface area contributed by atoms with E-state index in [0.29, 0.717) is 16.8 Å². The molecule has 2 aromatic heterocycles. The van der Waals surface area contributed by atoms with E-state index in [1.165, 1.54) is 68.0 Å². The molecule has 1 amide bonds. The Bertz CT molecular complexity index is 1280. The molecule has 0 aliphatic rings. The van der Waals surface area contributed by atoms with Crippen LogP contribution in [0.2, 0.25) is 0 Å². The Morgan fingerprint density at radius 2 is 1.85 bits per heavy atom. The number of anilines is 2. The van der Waals surface area contributed by atoms with Crippen LogP contribution in [0.1, 0.15) is 6.92 Å². The fourth-order valence-electron chi connectivity index (χ4n) is 3.17. The minimum atomic E-state index is -4.49. The lowest BCUT2D eigenvalue weighted by molar-refractivity contribution is -0.116. The third kappa shape index (κ3) is 5.03. The summed E-state index contributed by atoms with van der Waals surface area (Å²) in [5.74, 6) is -1.02. The van der Waals surface area contributed by atoms with Crippen LogP contribution >= 0.6 is 11.8 Å². The summed E-state index contributed by atoms with van der Waals surface area (Å²) in [6.45, 7) is 1.24. The first-order valence-corrected chi connectivity index (χ1v) is 10.2. The number of halogens is 4. The molecule has 33 heavy (non-hydrogen) atoms. The molecular formula is C22H14F4N4O2S. The standard InChI is InChI=1S/C22H14F4N4O2S/c1-13(31)30(16-3-2-4-17(11-16)33-22(24,25)26)21-19(18-9-10-27-12-28-18)20(29-32-21)14-5-7-15(23)8-6-14/h2-12H,1H3. The van der Waals surface area contributed by atoms with Crippen LogP contribution in [-0.2, 0) is 4.79 Å². The number of nitrogens with zero attached hydrogens (tertiary/aromatic N) is 4. The third-order valence-corrected chi connectivity index (χ3v) is 5.18. The highest BCUT2D eigenvalue weighted by Crippen LogP contribution is 2.43. The van der Waals surface area contributed by atoms with Gasteiger partial charge >= 0.3 is 5.51 Å². The summed E-state index contributed by atoms with van der Waals surface area (Å²) in [5, 5.41) is 4.07. The lowest BCUT2D eigenvalue weighted by atomic mass is 10.0. The predicted molar refractivity (Wildman–Crippen MR) is 114 cm³/mol. The molecular weight excluding hydrogens is 460 g/mol. The van der Waals surface area contributed by atoms with Crippen molar-refractivity contribution in [1.82, 2.24) is 15.1 Å². The van der Waals surface area contributed by atoms with E-state index in [1.807, 2.05) is 0 Å². The quantitative estimate of drug-likeness (QED) is 0.252. The van der Waals surface area contributed by atoms with Crippen LogP contribution in [0.4, 0.5) is 29.1 Å². The Kier molecular flexibility index (Phi) is 6.14. The zero-order valence-electron chi connectivity index (χ0n) is 16.9. The number of hydrogen-bond acceptors (Lipinski definition) is 6. The number of carbonyl (C=O) groups excluding carboxylic acids is 1. The second-order valence-corrected chi connectivity index (χ2v) is 7.85. The summed E-state index contributed by atoms with van der Waals surface area (Å²) < 4.78 is 57.6. The van der Waals surface area contributed by atoms with Crippen molar-refractivity contribution in [1.29, 1.82) is 0 Å². The number of hydrogen-bond donors (Lipinski definition) is 0. The van der Waals surface area contributed by atoms with E-state index >= 15 is 0 Å². The van der Waals surface area contributed by atoms with Gasteiger partial charge in [0.05, 0.1) is 16.9 Å². The third-order valence-electron chi connectivity index (χ3n) is 4.46. The van der Waals surface area contributed by atoms with Crippen molar-refractivity contribution in [2.45, 2.75) is 17.3 Å². The highest BCUT2D eigenvalue weighted by Gasteiger charge is 2.31. The van der Waals surface area contributed by atoms with Crippen molar-refractivity contribution >= 4 is 29.2 Å². The molecule has 0 fully saturated rings. The molecule has 0 bridgehead atoms. The minimum absolute atomic E-state index is 0.0466. The number of amides is 1. The van der Waals surface area contributed by atoms with Gasteiger partial charge in [0.25, 0.3) is 0 Å². The van der Waals surface area contributed by atoms with Crippen LogP contribution in [0.3, 0.4) is 0 Å². The maximum absolute atomic E-state index is 13.4. The maximum atomic E-state index is 13.4. The molecule has 2 aromatic carbocycles. The Morgan fingerprint density at radius 3 is 2.48 bits per heavy atom. The first kappa shape index (κ1) is 22.5. The van der Waals surface area contributed by atoms with E-state index in [2.05, 4.69) is 15.1 Å². The van der Waals surface area contributed by atoms with Gasteiger partial charge in [-0.25, -0.2) is 19.3 Å². The highest BCUT2D eigenvalue weighted by atomic mass is 32.2. The fraction of sp³-hybridized carbons (Fsp3) is 0.0909. The first-order valence-electron chi connectivity index (χ1n) is 9.41. The second kappa shape index (κ2) is 9.02. The molecule has 0 spiro atoms. The molecule has 11 heteroatoms. The summed E-state index contributed by atoms with van der Waals surface area (Å²) in [6, 6.07) is 12.4. The molecule has 6 nitrogen and oxygen atoms in total. The Balaban J connectivity index is 1.89. The van der Waals surface area contributed by atoms with Gasteiger partial charge in [0.15, 0.2) is 0 Å². The van der Waals surface area contributed by atoms with E-state index < -0.39 is 17.2 Å². The summed E-state index contributed by atoms with van der Waals surface area (Å²) in [5.41, 5.74) is -2.93. The molecule has 168 valence electrons. The predicted octanol–water partition coefficient (Wildman–Crippen LogP) is 6.23. The largest absolute Gasteiger partial charge is 0.446 e. The molecule has 0 N–H and O–H groups in total. The van der Waals surface area contributed by atoms with Crippen LogP contribution in [0.15, 0.2) is 76.5 Å². The van der Waals surface area contributed by atoms with E-state index in [-0.39, 0.29) is 33.9 Å². The molecule has 0 saturated heterocycles. The van der Waals surface area contributed by atoms with Gasteiger partial charge in [-0.3, -0.25) is 4.79 Å². The number of rotatable bonds is 5. The zero-order valence-corrected chi connectivity index (χ0v) is 17.7. The van der Waals surface area contributed by atoms with Gasteiger partial charge in [-0.2, -0.15) is 13.2 Å². The molecule has 4 rings (SSSR count). The van der Waals surface area contributed by atoms with Crippen molar-refractivity contribution in [2.75, 3.05) is 4.90 Å². The molecule has 0 unspecified atom stereocenters. The number of carbonyl (C=O) groups is 1. The average molecular weight is 474 g/mol. The maximum Gasteiger partial charge on any atom is 0.446 e. The molecule has 2 heterocycles. The SMILES string of the molecule is CC(=O)N(c1cccc(SC(F)(F)F)c1)c1onc(-c2ccc(F)cc2)c1-c1ccncn1. The lowest BCUT2D eigenvalue weighted by Crippen LogP contribution is -2.23. The van der Waals surface area contributed by atoms with Gasteiger partial charge in [0.1, 0.15) is 17.8 Å². The van der Waals surface area contributed by atoms with Crippen molar-refractivity contribution in [3.05, 3.63) is 72.9 Å². The number of aromatic nitrogens is 3. The zero-order chi connectivity index (χ0) is 23.6. The molecule has 0 aliphatic carbocycles. The molecule has 0 radical (unpaired) electrons. The van der Waals surface area contributed by atoms with Crippen molar-refractivity contribution in [2.24, 2.45) is 0 Å². The van der Waals surface area contributed by atoms with E-state index in [1.54, 1.807) is 6.07 Å². The topological polar surface area (TPSA) is 72.1 Å². The summed E-state index contributed by atoms with van der Waals surface area (Å²) in [4.78, 5) is 21.7. The summed E-state index contributed by atoms with van der Waals surface area (Å²) in [6.07, 6.45) is 2.77. The van der Waals surface area contributed by atoms with E-state index in [4.69, 9.17) is 4.52 Å². The second-order valence-electron chi connectivity index (χ2n) is 6.71. The molecule has 4 aromatic rings. The summed E-state index contributed by atoms with van der Waals surface area (Å²) in [7, 11) is 0. The van der Waals surface area contributed by atoms with E-state index in [0.717, 1.165) is 4.90 Å². The monoisotopic (exact) mass is 474 g/mol. The van der Waals surface area contributed by atoms with Gasteiger partial charge in [-0.05, 0) is 60.3 Å². The summed E-state index contributed by atoms with van der Waals surface area (Å²) >= 11 is -0.297. The fourth-order valence-corrected chi connectivity index (χ4v) is 3.76. The van der Waals surface area contributed by atoms with Gasteiger partial charge in [-0.15, -0.1) is 0 Å². The minimum Gasteiger partial charge on any atom is -0.336 e. The van der Waals surface area contributed by atoms with Crippen LogP contribution in [0.5, 0.6) is 0 Å². The molecule has 0 aliphatic heterocycles. The van der Waals surface area contributed by atoms with Crippen molar-refractivity contribution < 1.29 is 26.9 Å². The normalized spacial score (nSPS) is 11.4. The Hall–Kier alpha value is -3.73. The van der Waals surface area contributed by atoms with Crippen LogP contribution < -0.4 is 4.90 Å². The lowest BCUT2D eigenvalue weighted by Gasteiger charge is -2.20. The molecule has 0 saturated carbocycles. The van der Waals surface area contributed by atoms with Gasteiger partial charge in [0, 0.05) is 23.6 Å². The van der Waals surface area contributed by atoms with Crippen LogP contribution in [0, 0.1) is 5.82 Å². The van der Waals surface area contributed by atoms with Gasteiger partial charge in [0.2, 0.25) is 11.8 Å². The van der Waals surface area contributed by atoms with Gasteiger partial charge in [-0.1, -0.05) is 11.2 Å². The average Bonchev–Trinajstić information content (AvgIpc) is 3.18. The van der Waals surface area contributed by atoms with Crippen LogP contribution in [0.25, 0.3) is 22.5 Å². The number of thioether (sulfide) groups is 1. The van der Waals surface area contributed by atoms with E-state index in [9.17, 15) is 22.4 Å². The number of benzene rings is 2. The molecule has 0 atom stereocenters. The first-order chi connectivity index (χ1) is 15.7.